The van der Waals surface area contributed by atoms with Gasteiger partial charge in [0.1, 0.15) is 11.1 Å². The van der Waals surface area contributed by atoms with Crippen molar-refractivity contribution in [1.29, 1.82) is 0 Å². The Morgan fingerprint density at radius 1 is 1.24 bits per heavy atom. The quantitative estimate of drug-likeness (QED) is 0.618. The summed E-state index contributed by atoms with van der Waals surface area (Å²) in [5.74, 6) is -0.274. The van der Waals surface area contributed by atoms with Gasteiger partial charge in [0.05, 0.1) is 6.20 Å². The zero-order valence-corrected chi connectivity index (χ0v) is 14.0. The van der Waals surface area contributed by atoms with E-state index in [1.165, 1.54) is 6.20 Å². The summed E-state index contributed by atoms with van der Waals surface area (Å²) < 4.78 is 7.19. The number of carbonyl (C=O) groups is 1. The molecule has 0 atom stereocenters. The molecule has 1 aromatic carbocycles. The van der Waals surface area contributed by atoms with Crippen LogP contribution in [0.4, 0.5) is 11.7 Å². The largest absolute Gasteiger partial charge is 0.423 e. The van der Waals surface area contributed by atoms with Crippen LogP contribution < -0.4 is 10.2 Å². The van der Waals surface area contributed by atoms with Gasteiger partial charge in [-0.25, -0.2) is 9.50 Å². The highest BCUT2D eigenvalue weighted by molar-refractivity contribution is 6.08. The van der Waals surface area contributed by atoms with Gasteiger partial charge >= 0.3 is 0 Å². The molecular formula is C17H16N6O2. The van der Waals surface area contributed by atoms with Crippen LogP contribution in [0.1, 0.15) is 16.1 Å². The van der Waals surface area contributed by atoms with Crippen LogP contribution in [-0.2, 0) is 0 Å². The van der Waals surface area contributed by atoms with E-state index < -0.39 is 0 Å². The minimum Gasteiger partial charge on any atom is -0.423 e. The minimum absolute atomic E-state index is 0.274. The minimum atomic E-state index is -0.274. The third kappa shape index (κ3) is 2.67. The molecule has 0 fully saturated rings. The van der Waals surface area contributed by atoms with Crippen LogP contribution >= 0.6 is 0 Å². The fraction of sp³-hybridized carbons (Fsp3) is 0.176. The molecule has 126 valence electrons. The summed E-state index contributed by atoms with van der Waals surface area (Å²) in [6.07, 6.45) is 3.29. The van der Waals surface area contributed by atoms with E-state index in [9.17, 15) is 4.79 Å². The highest BCUT2D eigenvalue weighted by Gasteiger charge is 2.15. The predicted molar refractivity (Wildman–Crippen MR) is 94.0 cm³/mol. The summed E-state index contributed by atoms with van der Waals surface area (Å²) in [7, 11) is 3.71. The molecule has 4 rings (SSSR count). The monoisotopic (exact) mass is 336 g/mol. The maximum Gasteiger partial charge on any atom is 0.297 e. The Bertz CT molecular complexity index is 1100. The summed E-state index contributed by atoms with van der Waals surface area (Å²) in [6, 6.07) is 7.68. The van der Waals surface area contributed by atoms with Gasteiger partial charge < -0.3 is 14.6 Å². The second-order valence-electron chi connectivity index (χ2n) is 5.92. The number of anilines is 2. The fourth-order valence-electron chi connectivity index (χ4n) is 2.50. The number of rotatable bonds is 3. The third-order valence-corrected chi connectivity index (χ3v) is 3.77. The lowest BCUT2D eigenvalue weighted by atomic mass is 10.2. The Hall–Kier alpha value is -3.42. The number of carbonyl (C=O) groups excluding carboxylic acids is 1. The van der Waals surface area contributed by atoms with Crippen molar-refractivity contribution in [2.75, 3.05) is 24.3 Å². The molecule has 0 saturated carbocycles. The summed E-state index contributed by atoms with van der Waals surface area (Å²) in [4.78, 5) is 23.1. The highest BCUT2D eigenvalue weighted by atomic mass is 16.4. The van der Waals surface area contributed by atoms with E-state index in [1.807, 2.05) is 27.1 Å². The number of hydrogen-bond acceptors (Lipinski definition) is 6. The molecule has 0 aliphatic heterocycles. The van der Waals surface area contributed by atoms with E-state index in [-0.39, 0.29) is 5.91 Å². The first-order valence-corrected chi connectivity index (χ1v) is 7.71. The van der Waals surface area contributed by atoms with Crippen LogP contribution in [0.2, 0.25) is 0 Å². The molecule has 0 unspecified atom stereocenters. The number of fused-ring (bicyclic) bond motifs is 2. The number of aryl methyl sites for hydroxylation is 1. The Morgan fingerprint density at radius 2 is 2.08 bits per heavy atom. The molecule has 0 bridgehead atoms. The lowest BCUT2D eigenvalue weighted by molar-refractivity contribution is 0.102. The number of nitrogens with one attached hydrogen (secondary N) is 1. The van der Waals surface area contributed by atoms with Crippen LogP contribution in [0.25, 0.3) is 16.7 Å². The van der Waals surface area contributed by atoms with Crippen molar-refractivity contribution in [1.82, 2.24) is 19.6 Å². The summed E-state index contributed by atoms with van der Waals surface area (Å²) in [5.41, 5.74) is 3.73. The van der Waals surface area contributed by atoms with Gasteiger partial charge in [-0.2, -0.15) is 10.1 Å². The van der Waals surface area contributed by atoms with E-state index >= 15 is 0 Å². The van der Waals surface area contributed by atoms with Crippen molar-refractivity contribution in [2.45, 2.75) is 6.92 Å². The molecule has 25 heavy (non-hydrogen) atoms. The first-order valence-electron chi connectivity index (χ1n) is 7.71. The van der Waals surface area contributed by atoms with E-state index in [4.69, 9.17) is 4.42 Å². The SMILES string of the molecule is Cc1ccn2ncc(C(=O)Nc3ccc4oc(N(C)C)nc4c3)c2n1. The lowest BCUT2D eigenvalue weighted by Crippen LogP contribution is -2.12. The number of benzene rings is 1. The van der Waals surface area contributed by atoms with Gasteiger partial charge in [0, 0.05) is 31.7 Å². The van der Waals surface area contributed by atoms with Gasteiger partial charge in [0.2, 0.25) is 0 Å². The Labute approximate surface area is 143 Å². The van der Waals surface area contributed by atoms with Crippen molar-refractivity contribution in [3.63, 3.8) is 0 Å². The summed E-state index contributed by atoms with van der Waals surface area (Å²) in [6.45, 7) is 1.87. The van der Waals surface area contributed by atoms with Crippen molar-refractivity contribution in [3.8, 4) is 0 Å². The van der Waals surface area contributed by atoms with Gasteiger partial charge in [-0.15, -0.1) is 0 Å². The van der Waals surface area contributed by atoms with Crippen molar-refractivity contribution in [3.05, 3.63) is 47.9 Å². The van der Waals surface area contributed by atoms with E-state index in [0.29, 0.717) is 34.0 Å². The van der Waals surface area contributed by atoms with E-state index in [2.05, 4.69) is 20.4 Å². The second-order valence-corrected chi connectivity index (χ2v) is 5.92. The standard InChI is InChI=1S/C17H16N6O2/c1-10-6-7-23-15(19-10)12(9-18-23)16(24)20-11-4-5-14-13(8-11)21-17(25-14)22(2)3/h4-9H,1-3H3,(H,20,24). The van der Waals surface area contributed by atoms with Crippen LogP contribution in [0.3, 0.4) is 0 Å². The first-order chi connectivity index (χ1) is 12.0. The topological polar surface area (TPSA) is 88.6 Å². The molecule has 0 radical (unpaired) electrons. The third-order valence-electron chi connectivity index (χ3n) is 3.77. The summed E-state index contributed by atoms with van der Waals surface area (Å²) in [5, 5.41) is 7.01. The molecule has 8 heteroatoms. The number of oxazole rings is 1. The van der Waals surface area contributed by atoms with Crippen LogP contribution in [0.15, 0.2) is 41.1 Å². The zero-order chi connectivity index (χ0) is 17.6. The Balaban J connectivity index is 1.65. The molecule has 1 amide bonds. The second kappa shape index (κ2) is 5.59. The van der Waals surface area contributed by atoms with Crippen molar-refractivity contribution >= 4 is 34.4 Å². The van der Waals surface area contributed by atoms with E-state index in [1.54, 1.807) is 33.8 Å². The van der Waals surface area contributed by atoms with E-state index in [0.717, 1.165) is 5.69 Å². The highest BCUT2D eigenvalue weighted by Crippen LogP contribution is 2.24. The molecule has 0 saturated heterocycles. The maximum atomic E-state index is 12.6. The Morgan fingerprint density at radius 3 is 2.88 bits per heavy atom. The van der Waals surface area contributed by atoms with Crippen LogP contribution in [-0.4, -0.2) is 39.6 Å². The molecule has 8 nitrogen and oxygen atoms in total. The summed E-state index contributed by atoms with van der Waals surface area (Å²) >= 11 is 0. The fourth-order valence-corrected chi connectivity index (χ4v) is 2.50. The number of amides is 1. The van der Waals surface area contributed by atoms with Gasteiger partial charge in [-0.3, -0.25) is 4.79 Å². The molecule has 0 spiro atoms. The normalized spacial score (nSPS) is 11.2. The zero-order valence-electron chi connectivity index (χ0n) is 14.0. The van der Waals surface area contributed by atoms with Gasteiger partial charge in [-0.05, 0) is 31.2 Å². The lowest BCUT2D eigenvalue weighted by Gasteiger charge is -2.03. The first kappa shape index (κ1) is 15.1. The molecular weight excluding hydrogens is 320 g/mol. The molecule has 4 aromatic rings. The van der Waals surface area contributed by atoms with Gasteiger partial charge in [0.25, 0.3) is 11.9 Å². The Kier molecular flexibility index (Phi) is 3.38. The average molecular weight is 336 g/mol. The number of aromatic nitrogens is 4. The van der Waals surface area contributed by atoms with Crippen molar-refractivity contribution in [2.24, 2.45) is 0 Å². The average Bonchev–Trinajstić information content (AvgIpc) is 3.17. The molecule has 1 N–H and O–H groups in total. The number of hydrogen-bond donors (Lipinski definition) is 1. The molecule has 0 aliphatic rings. The molecule has 0 aliphatic carbocycles. The predicted octanol–water partition coefficient (Wildman–Crippen LogP) is 2.50. The number of nitrogens with zero attached hydrogens (tertiary/aromatic N) is 5. The molecule has 3 heterocycles. The molecule has 3 aromatic heterocycles. The van der Waals surface area contributed by atoms with Gasteiger partial charge in [0.15, 0.2) is 11.2 Å². The van der Waals surface area contributed by atoms with Gasteiger partial charge in [-0.1, -0.05) is 0 Å². The van der Waals surface area contributed by atoms with Crippen molar-refractivity contribution < 1.29 is 9.21 Å². The van der Waals surface area contributed by atoms with Crippen LogP contribution in [0, 0.1) is 6.92 Å². The maximum absolute atomic E-state index is 12.6. The van der Waals surface area contributed by atoms with Crippen LogP contribution in [0.5, 0.6) is 0 Å². The smallest absolute Gasteiger partial charge is 0.297 e.